The molecule has 2 rings (SSSR count). The second kappa shape index (κ2) is 4.44. The van der Waals surface area contributed by atoms with Crippen molar-refractivity contribution in [1.29, 1.82) is 0 Å². The van der Waals surface area contributed by atoms with E-state index in [0.717, 1.165) is 26.2 Å². The van der Waals surface area contributed by atoms with Crippen molar-refractivity contribution in [1.82, 2.24) is 15.2 Å². The van der Waals surface area contributed by atoms with Gasteiger partial charge in [0.05, 0.1) is 6.04 Å². The smallest absolute Gasteiger partial charge is 0.0682 e. The first-order valence-corrected chi connectivity index (χ1v) is 5.12. The van der Waals surface area contributed by atoms with Crippen molar-refractivity contribution in [2.24, 2.45) is 0 Å². The maximum atomic E-state index is 3.91. The number of piperazine rings is 1. The average Bonchev–Trinajstić information content (AvgIpc) is 2.74. The molecule has 0 amide bonds. The fourth-order valence-corrected chi connectivity index (χ4v) is 1.96. The van der Waals surface area contributed by atoms with Crippen molar-refractivity contribution in [2.75, 3.05) is 26.2 Å². The Balaban J connectivity index is 2.08. The van der Waals surface area contributed by atoms with Crippen molar-refractivity contribution in [3.63, 3.8) is 0 Å². The SMILES string of the molecule is C=C[C@@H](c1ccc[nH]1)N1CCNCC1. The molecule has 2 heterocycles. The number of H-pyrrole nitrogens is 1. The lowest BCUT2D eigenvalue weighted by Gasteiger charge is -2.32. The Morgan fingerprint density at radius 1 is 1.43 bits per heavy atom. The molecular formula is C11H17N3. The van der Waals surface area contributed by atoms with Gasteiger partial charge in [-0.25, -0.2) is 0 Å². The molecule has 3 nitrogen and oxygen atoms in total. The largest absolute Gasteiger partial charge is 0.363 e. The first-order valence-electron chi connectivity index (χ1n) is 5.12. The summed E-state index contributed by atoms with van der Waals surface area (Å²) in [7, 11) is 0. The summed E-state index contributed by atoms with van der Waals surface area (Å²) in [6, 6.07) is 4.50. The van der Waals surface area contributed by atoms with Gasteiger partial charge in [-0.05, 0) is 12.1 Å². The number of nitrogens with one attached hydrogen (secondary N) is 2. The molecule has 2 N–H and O–H groups in total. The Kier molecular flexibility index (Phi) is 3.01. The first-order chi connectivity index (χ1) is 6.92. The van der Waals surface area contributed by atoms with E-state index in [9.17, 15) is 0 Å². The summed E-state index contributed by atoms with van der Waals surface area (Å²) in [5, 5.41) is 3.35. The van der Waals surface area contributed by atoms with Gasteiger partial charge in [-0.3, -0.25) is 4.90 Å². The van der Waals surface area contributed by atoms with E-state index < -0.39 is 0 Å². The van der Waals surface area contributed by atoms with Gasteiger partial charge in [-0.1, -0.05) is 6.08 Å². The number of hydrogen-bond acceptors (Lipinski definition) is 2. The maximum absolute atomic E-state index is 3.91. The van der Waals surface area contributed by atoms with E-state index in [0.29, 0.717) is 6.04 Å². The van der Waals surface area contributed by atoms with Crippen LogP contribution in [0.25, 0.3) is 0 Å². The highest BCUT2D eigenvalue weighted by Gasteiger charge is 2.19. The van der Waals surface area contributed by atoms with Gasteiger partial charge in [0.25, 0.3) is 0 Å². The highest BCUT2D eigenvalue weighted by molar-refractivity contribution is 5.14. The fraction of sp³-hybridized carbons (Fsp3) is 0.455. The van der Waals surface area contributed by atoms with Crippen LogP contribution in [0.1, 0.15) is 11.7 Å². The molecule has 0 aromatic carbocycles. The summed E-state index contributed by atoms with van der Waals surface area (Å²) in [6.07, 6.45) is 3.98. The van der Waals surface area contributed by atoms with Crippen LogP contribution in [-0.2, 0) is 0 Å². The molecule has 0 spiro atoms. The molecule has 1 aromatic heterocycles. The van der Waals surface area contributed by atoms with E-state index in [1.165, 1.54) is 5.69 Å². The Hall–Kier alpha value is -1.06. The minimum absolute atomic E-state index is 0.340. The molecule has 0 radical (unpaired) electrons. The molecule has 0 aliphatic carbocycles. The van der Waals surface area contributed by atoms with Crippen molar-refractivity contribution >= 4 is 0 Å². The van der Waals surface area contributed by atoms with Crippen LogP contribution in [0.4, 0.5) is 0 Å². The summed E-state index contributed by atoms with van der Waals surface area (Å²) >= 11 is 0. The number of nitrogens with zero attached hydrogens (tertiary/aromatic N) is 1. The van der Waals surface area contributed by atoms with E-state index in [1.54, 1.807) is 0 Å². The molecule has 14 heavy (non-hydrogen) atoms. The average molecular weight is 191 g/mol. The molecule has 0 bridgehead atoms. The van der Waals surface area contributed by atoms with Crippen LogP contribution in [0.5, 0.6) is 0 Å². The standard InChI is InChI=1S/C11H17N3/c1-2-11(10-4-3-5-13-10)14-8-6-12-7-9-14/h2-5,11-13H,1,6-9H2/t11-/m0/s1. The molecule has 1 aromatic rings. The lowest BCUT2D eigenvalue weighted by atomic mass is 10.1. The zero-order chi connectivity index (χ0) is 9.80. The topological polar surface area (TPSA) is 31.1 Å². The number of rotatable bonds is 3. The van der Waals surface area contributed by atoms with E-state index in [2.05, 4.69) is 27.8 Å². The fourth-order valence-electron chi connectivity index (χ4n) is 1.96. The second-order valence-corrected chi connectivity index (χ2v) is 3.59. The van der Waals surface area contributed by atoms with Crippen LogP contribution in [0.2, 0.25) is 0 Å². The summed E-state index contributed by atoms with van der Waals surface area (Å²) in [5.74, 6) is 0. The molecule has 1 aliphatic heterocycles. The van der Waals surface area contributed by atoms with E-state index >= 15 is 0 Å². The summed E-state index contributed by atoms with van der Waals surface area (Å²) in [4.78, 5) is 5.69. The molecule has 3 heteroatoms. The first kappa shape index (κ1) is 9.49. The predicted octanol–water partition coefficient (Wildman–Crippen LogP) is 1.15. The third-order valence-corrected chi connectivity index (χ3v) is 2.71. The van der Waals surface area contributed by atoms with Crippen molar-refractivity contribution in [3.8, 4) is 0 Å². The molecule has 1 aliphatic rings. The highest BCUT2D eigenvalue weighted by Crippen LogP contribution is 2.19. The molecule has 1 atom stereocenters. The van der Waals surface area contributed by atoms with Gasteiger partial charge in [0.15, 0.2) is 0 Å². The Bertz CT molecular complexity index is 273. The summed E-state index contributed by atoms with van der Waals surface area (Å²) in [6.45, 7) is 8.24. The van der Waals surface area contributed by atoms with Crippen molar-refractivity contribution in [3.05, 3.63) is 36.7 Å². The third kappa shape index (κ3) is 1.89. The number of hydrogen-bond donors (Lipinski definition) is 2. The van der Waals surface area contributed by atoms with Crippen LogP contribution in [0.15, 0.2) is 31.0 Å². The van der Waals surface area contributed by atoms with Gasteiger partial charge in [-0.15, -0.1) is 6.58 Å². The van der Waals surface area contributed by atoms with Crippen LogP contribution in [0.3, 0.4) is 0 Å². The van der Waals surface area contributed by atoms with Gasteiger partial charge >= 0.3 is 0 Å². The molecular weight excluding hydrogens is 174 g/mol. The van der Waals surface area contributed by atoms with Crippen LogP contribution < -0.4 is 5.32 Å². The zero-order valence-corrected chi connectivity index (χ0v) is 8.37. The minimum atomic E-state index is 0.340. The van der Waals surface area contributed by atoms with Crippen LogP contribution in [-0.4, -0.2) is 36.1 Å². The van der Waals surface area contributed by atoms with E-state index in [1.807, 2.05) is 18.3 Å². The lowest BCUT2D eigenvalue weighted by molar-refractivity contribution is 0.201. The van der Waals surface area contributed by atoms with E-state index in [4.69, 9.17) is 0 Å². The minimum Gasteiger partial charge on any atom is -0.363 e. The van der Waals surface area contributed by atoms with Crippen LogP contribution in [0, 0.1) is 0 Å². The molecule has 0 unspecified atom stereocenters. The van der Waals surface area contributed by atoms with Crippen molar-refractivity contribution in [2.45, 2.75) is 6.04 Å². The molecule has 1 saturated heterocycles. The second-order valence-electron chi connectivity index (χ2n) is 3.59. The summed E-state index contributed by atoms with van der Waals surface area (Å²) in [5.41, 5.74) is 1.24. The summed E-state index contributed by atoms with van der Waals surface area (Å²) < 4.78 is 0. The van der Waals surface area contributed by atoms with Gasteiger partial charge in [0.1, 0.15) is 0 Å². The van der Waals surface area contributed by atoms with Crippen LogP contribution >= 0.6 is 0 Å². The Morgan fingerprint density at radius 2 is 2.21 bits per heavy atom. The normalized spacial score (nSPS) is 20.6. The number of aromatic amines is 1. The Morgan fingerprint density at radius 3 is 2.79 bits per heavy atom. The quantitative estimate of drug-likeness (QED) is 0.702. The van der Waals surface area contributed by atoms with Gasteiger partial charge in [0.2, 0.25) is 0 Å². The Labute approximate surface area is 84.8 Å². The highest BCUT2D eigenvalue weighted by atomic mass is 15.2. The monoisotopic (exact) mass is 191 g/mol. The van der Waals surface area contributed by atoms with Crippen molar-refractivity contribution < 1.29 is 0 Å². The zero-order valence-electron chi connectivity index (χ0n) is 8.37. The molecule has 76 valence electrons. The van der Waals surface area contributed by atoms with E-state index in [-0.39, 0.29) is 0 Å². The third-order valence-electron chi connectivity index (χ3n) is 2.71. The van der Waals surface area contributed by atoms with Gasteiger partial charge in [0, 0.05) is 38.1 Å². The molecule has 1 fully saturated rings. The molecule has 0 saturated carbocycles. The maximum Gasteiger partial charge on any atom is 0.0682 e. The predicted molar refractivity (Wildman–Crippen MR) is 58.2 cm³/mol. The number of aromatic nitrogens is 1. The lowest BCUT2D eigenvalue weighted by Crippen LogP contribution is -2.44. The van der Waals surface area contributed by atoms with Gasteiger partial charge < -0.3 is 10.3 Å². The van der Waals surface area contributed by atoms with Gasteiger partial charge in [-0.2, -0.15) is 0 Å².